The molecule has 0 fully saturated rings. The van der Waals surface area contributed by atoms with Crippen LogP contribution in [0.1, 0.15) is 29.4 Å². The molecule has 6 nitrogen and oxygen atoms in total. The summed E-state index contributed by atoms with van der Waals surface area (Å²) in [4.78, 5) is 11.8. The predicted octanol–water partition coefficient (Wildman–Crippen LogP) is 0.929. The van der Waals surface area contributed by atoms with Crippen molar-refractivity contribution in [1.29, 1.82) is 0 Å². The molecule has 21 heavy (non-hydrogen) atoms. The topological polar surface area (TPSA) is 80.0 Å². The fourth-order valence-corrected chi connectivity index (χ4v) is 1.96. The number of rotatable bonds is 6. The highest BCUT2D eigenvalue weighted by Crippen LogP contribution is 2.13. The summed E-state index contributed by atoms with van der Waals surface area (Å²) < 4.78 is 1.46. The summed E-state index contributed by atoms with van der Waals surface area (Å²) in [5.74, 6) is -0.330. The van der Waals surface area contributed by atoms with Gasteiger partial charge < -0.3 is 10.4 Å². The molecule has 0 aliphatic heterocycles. The minimum Gasteiger partial charge on any atom is -0.388 e. The van der Waals surface area contributed by atoms with Crippen LogP contribution in [0.25, 0.3) is 0 Å². The van der Waals surface area contributed by atoms with E-state index >= 15 is 0 Å². The van der Waals surface area contributed by atoms with Gasteiger partial charge in [-0.1, -0.05) is 35.5 Å². The highest BCUT2D eigenvalue weighted by Gasteiger charge is 2.22. The Morgan fingerprint density at radius 1 is 1.38 bits per heavy atom. The molecule has 1 heterocycles. The molecule has 1 atom stereocenters. The standard InChI is InChI=1S/C15H20N4O2/c1-15(21,9-8-12-6-4-3-5-7-12)11-16-14(20)13-10-19(2)18-17-13/h3-7,10,21H,8-9,11H2,1-2H3,(H,16,20)/t15-/m0/s1. The Morgan fingerprint density at radius 2 is 2.10 bits per heavy atom. The third kappa shape index (κ3) is 4.68. The molecule has 0 saturated carbocycles. The van der Waals surface area contributed by atoms with Crippen LogP contribution < -0.4 is 5.32 Å². The molecule has 0 spiro atoms. The average Bonchev–Trinajstić information content (AvgIpc) is 2.91. The van der Waals surface area contributed by atoms with Crippen LogP contribution in [-0.2, 0) is 13.5 Å². The summed E-state index contributed by atoms with van der Waals surface area (Å²) in [5.41, 5.74) is 0.447. The van der Waals surface area contributed by atoms with Crippen LogP contribution in [0.3, 0.4) is 0 Å². The molecule has 1 amide bonds. The van der Waals surface area contributed by atoms with Crippen LogP contribution in [0.5, 0.6) is 0 Å². The number of aromatic nitrogens is 3. The summed E-state index contributed by atoms with van der Waals surface area (Å²) in [7, 11) is 1.69. The first-order chi connectivity index (χ1) is 9.96. The van der Waals surface area contributed by atoms with Gasteiger partial charge in [0, 0.05) is 13.6 Å². The third-order valence-electron chi connectivity index (χ3n) is 3.26. The number of aryl methyl sites for hydroxylation is 2. The largest absolute Gasteiger partial charge is 0.388 e. The van der Waals surface area contributed by atoms with Crippen molar-refractivity contribution in [3.8, 4) is 0 Å². The van der Waals surface area contributed by atoms with Gasteiger partial charge in [0.2, 0.25) is 0 Å². The molecule has 2 aromatic rings. The van der Waals surface area contributed by atoms with Crippen LogP contribution in [-0.4, -0.2) is 38.2 Å². The van der Waals surface area contributed by atoms with E-state index in [9.17, 15) is 9.90 Å². The van der Waals surface area contributed by atoms with Gasteiger partial charge in [-0.05, 0) is 25.3 Å². The van der Waals surface area contributed by atoms with Gasteiger partial charge in [0.1, 0.15) is 0 Å². The van der Waals surface area contributed by atoms with Gasteiger partial charge in [-0.15, -0.1) is 5.10 Å². The van der Waals surface area contributed by atoms with Crippen molar-refractivity contribution in [2.45, 2.75) is 25.4 Å². The summed E-state index contributed by atoms with van der Waals surface area (Å²) in [5, 5.41) is 20.4. The van der Waals surface area contributed by atoms with Crippen molar-refractivity contribution in [1.82, 2.24) is 20.3 Å². The molecule has 2 N–H and O–H groups in total. The monoisotopic (exact) mass is 288 g/mol. The smallest absolute Gasteiger partial charge is 0.273 e. The molecule has 6 heteroatoms. The zero-order valence-corrected chi connectivity index (χ0v) is 12.3. The number of nitrogens with zero attached hydrogens (tertiary/aromatic N) is 3. The fraction of sp³-hybridized carbons (Fsp3) is 0.400. The second-order valence-corrected chi connectivity index (χ2v) is 5.44. The molecule has 0 bridgehead atoms. The van der Waals surface area contributed by atoms with E-state index in [0.29, 0.717) is 6.42 Å². The van der Waals surface area contributed by atoms with Crippen molar-refractivity contribution < 1.29 is 9.90 Å². The van der Waals surface area contributed by atoms with Crippen molar-refractivity contribution in [3.05, 3.63) is 47.8 Å². The number of aliphatic hydroxyl groups is 1. The number of benzene rings is 1. The molecule has 0 unspecified atom stereocenters. The van der Waals surface area contributed by atoms with Gasteiger partial charge in [0.15, 0.2) is 5.69 Å². The average molecular weight is 288 g/mol. The van der Waals surface area contributed by atoms with Crippen molar-refractivity contribution >= 4 is 5.91 Å². The van der Waals surface area contributed by atoms with E-state index in [-0.39, 0.29) is 18.1 Å². The van der Waals surface area contributed by atoms with Gasteiger partial charge in [-0.25, -0.2) is 0 Å². The van der Waals surface area contributed by atoms with Gasteiger partial charge in [0.05, 0.1) is 11.8 Å². The molecular formula is C15H20N4O2. The number of nitrogens with one attached hydrogen (secondary N) is 1. The maximum atomic E-state index is 11.8. The Kier molecular flexibility index (Phi) is 4.70. The summed E-state index contributed by atoms with van der Waals surface area (Å²) in [6, 6.07) is 9.95. The first-order valence-electron chi connectivity index (χ1n) is 6.87. The lowest BCUT2D eigenvalue weighted by atomic mass is 9.97. The Balaban J connectivity index is 1.82. The van der Waals surface area contributed by atoms with Crippen LogP contribution in [0.2, 0.25) is 0 Å². The Hall–Kier alpha value is -2.21. The Labute approximate surface area is 123 Å². The lowest BCUT2D eigenvalue weighted by molar-refractivity contribution is 0.0477. The minimum absolute atomic E-state index is 0.176. The fourth-order valence-electron chi connectivity index (χ4n) is 1.96. The third-order valence-corrected chi connectivity index (χ3v) is 3.26. The van der Waals surface area contributed by atoms with Gasteiger partial charge in [-0.2, -0.15) is 0 Å². The van der Waals surface area contributed by atoms with Gasteiger partial charge in [-0.3, -0.25) is 9.48 Å². The summed E-state index contributed by atoms with van der Waals surface area (Å²) in [6.45, 7) is 1.89. The summed E-state index contributed by atoms with van der Waals surface area (Å²) in [6.07, 6.45) is 2.86. The van der Waals surface area contributed by atoms with Gasteiger partial charge in [0.25, 0.3) is 5.91 Å². The van der Waals surface area contributed by atoms with E-state index in [0.717, 1.165) is 12.0 Å². The second kappa shape index (κ2) is 6.49. The van der Waals surface area contributed by atoms with Crippen molar-refractivity contribution in [3.63, 3.8) is 0 Å². The SMILES string of the molecule is Cn1cc(C(=O)NC[C@@](C)(O)CCc2ccccc2)nn1. The Morgan fingerprint density at radius 3 is 2.71 bits per heavy atom. The van der Waals surface area contributed by atoms with Crippen molar-refractivity contribution in [2.24, 2.45) is 7.05 Å². The number of hydrogen-bond acceptors (Lipinski definition) is 4. The van der Waals surface area contributed by atoms with E-state index in [4.69, 9.17) is 0 Å². The summed E-state index contributed by atoms with van der Waals surface area (Å²) >= 11 is 0. The maximum Gasteiger partial charge on any atom is 0.273 e. The van der Waals surface area contributed by atoms with Gasteiger partial charge >= 0.3 is 0 Å². The van der Waals surface area contributed by atoms with E-state index in [2.05, 4.69) is 15.6 Å². The second-order valence-electron chi connectivity index (χ2n) is 5.44. The van der Waals surface area contributed by atoms with Crippen LogP contribution in [0.4, 0.5) is 0 Å². The Bertz CT molecular complexity index is 593. The van der Waals surface area contributed by atoms with Crippen LogP contribution >= 0.6 is 0 Å². The van der Waals surface area contributed by atoms with Crippen molar-refractivity contribution in [2.75, 3.05) is 6.54 Å². The highest BCUT2D eigenvalue weighted by atomic mass is 16.3. The van der Waals surface area contributed by atoms with E-state index in [1.807, 2.05) is 30.3 Å². The van der Waals surface area contributed by atoms with E-state index in [1.54, 1.807) is 14.0 Å². The molecule has 112 valence electrons. The van der Waals surface area contributed by atoms with Crippen LogP contribution in [0, 0.1) is 0 Å². The minimum atomic E-state index is -0.965. The van der Waals surface area contributed by atoms with Crippen LogP contribution in [0.15, 0.2) is 36.5 Å². The lowest BCUT2D eigenvalue weighted by Crippen LogP contribution is -2.41. The molecule has 2 rings (SSSR count). The highest BCUT2D eigenvalue weighted by molar-refractivity contribution is 5.91. The zero-order valence-electron chi connectivity index (χ0n) is 12.3. The zero-order chi connectivity index (χ0) is 15.3. The number of hydrogen-bond donors (Lipinski definition) is 2. The molecule has 0 aliphatic rings. The first-order valence-corrected chi connectivity index (χ1v) is 6.87. The molecule has 0 saturated heterocycles. The molecule has 0 radical (unpaired) electrons. The quantitative estimate of drug-likeness (QED) is 0.828. The van der Waals surface area contributed by atoms with E-state index in [1.165, 1.54) is 10.9 Å². The molecule has 1 aromatic carbocycles. The maximum absolute atomic E-state index is 11.8. The molecule has 1 aromatic heterocycles. The normalized spacial score (nSPS) is 13.7. The predicted molar refractivity (Wildman–Crippen MR) is 78.7 cm³/mol. The first kappa shape index (κ1) is 15.2. The van der Waals surface area contributed by atoms with E-state index < -0.39 is 5.60 Å². The molecule has 0 aliphatic carbocycles. The number of carbonyl (C=O) groups is 1. The molecular weight excluding hydrogens is 268 g/mol. The number of amides is 1. The number of carbonyl (C=O) groups excluding carboxylic acids is 1. The lowest BCUT2D eigenvalue weighted by Gasteiger charge is -2.23.